The Hall–Kier alpha value is -1.38. The average molecular weight is 194 g/mol. The van der Waals surface area contributed by atoms with E-state index < -0.39 is 0 Å². The van der Waals surface area contributed by atoms with Crippen LogP contribution >= 0.6 is 0 Å². The second kappa shape index (κ2) is 7.06. The first kappa shape index (κ1) is 12.6. The van der Waals surface area contributed by atoms with E-state index in [1.54, 1.807) is 16.8 Å². The Labute approximate surface area is 85.1 Å². The largest absolute Gasteiger partial charge is 0.347 e. The molecule has 0 spiro atoms. The molecule has 0 aliphatic rings. The van der Waals surface area contributed by atoms with Crippen LogP contribution in [0.4, 0.5) is 0 Å². The van der Waals surface area contributed by atoms with Gasteiger partial charge in [0.15, 0.2) is 0 Å². The second-order valence-corrected chi connectivity index (χ2v) is 2.52. The van der Waals surface area contributed by atoms with E-state index in [1.165, 1.54) is 0 Å². The summed E-state index contributed by atoms with van der Waals surface area (Å²) in [5.41, 5.74) is 0.830. The van der Waals surface area contributed by atoms with Gasteiger partial charge in [0, 0.05) is 18.9 Å². The summed E-state index contributed by atoms with van der Waals surface area (Å²) in [5.74, 6) is 0. The summed E-state index contributed by atoms with van der Waals surface area (Å²) in [7, 11) is 0. The normalized spacial score (nSPS) is 8.79. The van der Waals surface area contributed by atoms with Gasteiger partial charge in [-0.1, -0.05) is 19.9 Å². The average Bonchev–Trinajstić information content (AvgIpc) is 2.24. The number of allylic oxidation sites excluding steroid dienone is 1. The zero-order chi connectivity index (χ0) is 11.0. The number of aryl methyl sites for hydroxylation is 1. The lowest BCUT2D eigenvalue weighted by Crippen LogP contribution is -2.21. The first-order chi connectivity index (χ1) is 6.77. The van der Waals surface area contributed by atoms with Crippen molar-refractivity contribution in [1.29, 1.82) is 0 Å². The van der Waals surface area contributed by atoms with Gasteiger partial charge in [0.2, 0.25) is 0 Å². The summed E-state index contributed by atoms with van der Waals surface area (Å²) in [5, 5.41) is 0. The number of rotatable bonds is 3. The Bertz CT molecular complexity index is 328. The molecule has 0 aromatic carbocycles. The van der Waals surface area contributed by atoms with Gasteiger partial charge in [0.25, 0.3) is 0 Å². The Morgan fingerprint density at radius 1 is 1.57 bits per heavy atom. The van der Waals surface area contributed by atoms with Crippen LogP contribution in [0.25, 0.3) is 0 Å². The van der Waals surface area contributed by atoms with Crippen molar-refractivity contribution in [3.05, 3.63) is 41.1 Å². The highest BCUT2D eigenvalue weighted by atomic mass is 16.1. The van der Waals surface area contributed by atoms with E-state index in [9.17, 15) is 4.79 Å². The van der Waals surface area contributed by atoms with Crippen molar-refractivity contribution in [3.63, 3.8) is 0 Å². The van der Waals surface area contributed by atoms with Crippen molar-refractivity contribution in [2.45, 2.75) is 33.7 Å². The van der Waals surface area contributed by atoms with Crippen LogP contribution in [0.3, 0.4) is 0 Å². The first-order valence-corrected chi connectivity index (χ1v) is 4.94. The molecule has 1 rings (SSSR count). The molecule has 0 bridgehead atoms. The van der Waals surface area contributed by atoms with Gasteiger partial charge in [-0.05, 0) is 18.9 Å². The maximum Gasteiger partial charge on any atom is 0.347 e. The van der Waals surface area contributed by atoms with Gasteiger partial charge < -0.3 is 0 Å². The molecule has 3 heteroatoms. The topological polar surface area (TPSA) is 34.9 Å². The van der Waals surface area contributed by atoms with Gasteiger partial charge >= 0.3 is 5.69 Å². The zero-order valence-corrected chi connectivity index (χ0v) is 9.16. The zero-order valence-electron chi connectivity index (χ0n) is 9.16. The molecule has 0 N–H and O–H groups in total. The summed E-state index contributed by atoms with van der Waals surface area (Å²) in [6, 6.07) is 0. The minimum atomic E-state index is -0.190. The van der Waals surface area contributed by atoms with Crippen LogP contribution in [0.1, 0.15) is 26.3 Å². The maximum absolute atomic E-state index is 11.0. The van der Waals surface area contributed by atoms with Gasteiger partial charge in [-0.25, -0.2) is 9.78 Å². The molecule has 0 atom stereocenters. The fraction of sp³-hybridized carbons (Fsp3) is 0.455. The minimum Gasteiger partial charge on any atom is -0.299 e. The first-order valence-electron chi connectivity index (χ1n) is 4.94. The molecule has 0 saturated heterocycles. The van der Waals surface area contributed by atoms with Crippen LogP contribution in [0, 0.1) is 0 Å². The lowest BCUT2D eigenvalue weighted by atomic mass is 10.2. The fourth-order valence-electron chi connectivity index (χ4n) is 1.000. The molecule has 0 unspecified atom stereocenters. The quantitative estimate of drug-likeness (QED) is 0.690. The third-order valence-corrected chi connectivity index (χ3v) is 1.63. The molecule has 0 aliphatic heterocycles. The standard InChI is InChI=1S/C9H12N2O.C2H6/c1-3-5-8-6-10-9(12)11(4-2)7-8;1-2/h3,6-7H,1,4-5H2,2H3;1-2H3. The molecule has 14 heavy (non-hydrogen) atoms. The predicted molar refractivity (Wildman–Crippen MR) is 59.4 cm³/mol. The number of hydrogen-bond acceptors (Lipinski definition) is 2. The van der Waals surface area contributed by atoms with E-state index in [2.05, 4.69) is 11.6 Å². The smallest absolute Gasteiger partial charge is 0.299 e. The van der Waals surface area contributed by atoms with Gasteiger partial charge in [-0.3, -0.25) is 4.57 Å². The van der Waals surface area contributed by atoms with E-state index in [-0.39, 0.29) is 5.69 Å². The van der Waals surface area contributed by atoms with Gasteiger partial charge in [0.05, 0.1) is 0 Å². The number of hydrogen-bond donors (Lipinski definition) is 0. The lowest BCUT2D eigenvalue weighted by molar-refractivity contribution is 0.691. The maximum atomic E-state index is 11.0. The Kier molecular flexibility index (Phi) is 6.37. The van der Waals surface area contributed by atoms with Crippen LogP contribution in [0.2, 0.25) is 0 Å². The van der Waals surface area contributed by atoms with Crippen LogP contribution < -0.4 is 5.69 Å². The van der Waals surface area contributed by atoms with Crippen molar-refractivity contribution in [2.24, 2.45) is 0 Å². The van der Waals surface area contributed by atoms with Crippen molar-refractivity contribution in [3.8, 4) is 0 Å². The van der Waals surface area contributed by atoms with Gasteiger partial charge in [-0.2, -0.15) is 0 Å². The molecule has 0 saturated carbocycles. The van der Waals surface area contributed by atoms with Crippen LogP contribution in [-0.4, -0.2) is 9.55 Å². The second-order valence-electron chi connectivity index (χ2n) is 2.52. The molecule has 1 aromatic rings. The molecular weight excluding hydrogens is 176 g/mol. The molecule has 0 amide bonds. The number of nitrogens with zero attached hydrogens (tertiary/aromatic N) is 2. The molecule has 0 aliphatic carbocycles. The third kappa shape index (κ3) is 3.56. The van der Waals surface area contributed by atoms with Gasteiger partial charge in [0.1, 0.15) is 0 Å². The SMILES string of the molecule is C=CCc1cnc(=O)n(CC)c1.CC. The van der Waals surface area contributed by atoms with Gasteiger partial charge in [-0.15, -0.1) is 6.58 Å². The Balaban J connectivity index is 0.000000791. The summed E-state index contributed by atoms with van der Waals surface area (Å²) in [6.07, 6.45) is 5.96. The molecule has 3 nitrogen and oxygen atoms in total. The highest BCUT2D eigenvalue weighted by Crippen LogP contribution is 1.95. The molecular formula is C11H18N2O. The molecule has 0 radical (unpaired) electrons. The summed E-state index contributed by atoms with van der Waals surface area (Å²) in [6.45, 7) is 10.2. The van der Waals surface area contributed by atoms with E-state index in [0.29, 0.717) is 6.54 Å². The fourth-order valence-corrected chi connectivity index (χ4v) is 1.000. The molecule has 0 fully saturated rings. The van der Waals surface area contributed by atoms with Crippen LogP contribution in [-0.2, 0) is 13.0 Å². The lowest BCUT2D eigenvalue weighted by Gasteiger charge is -2.01. The monoisotopic (exact) mass is 194 g/mol. The minimum absolute atomic E-state index is 0.190. The van der Waals surface area contributed by atoms with E-state index in [0.717, 1.165) is 12.0 Å². The number of aromatic nitrogens is 2. The third-order valence-electron chi connectivity index (χ3n) is 1.63. The van der Waals surface area contributed by atoms with Crippen molar-refractivity contribution in [2.75, 3.05) is 0 Å². The van der Waals surface area contributed by atoms with E-state index in [1.807, 2.05) is 27.0 Å². The molecule has 1 aromatic heterocycles. The van der Waals surface area contributed by atoms with E-state index in [4.69, 9.17) is 0 Å². The molecule has 78 valence electrons. The molecule has 1 heterocycles. The van der Waals surface area contributed by atoms with Crippen LogP contribution in [0.5, 0.6) is 0 Å². The summed E-state index contributed by atoms with van der Waals surface area (Å²) in [4.78, 5) is 14.8. The summed E-state index contributed by atoms with van der Waals surface area (Å²) < 4.78 is 1.58. The summed E-state index contributed by atoms with van der Waals surface area (Å²) >= 11 is 0. The Morgan fingerprint density at radius 2 is 2.21 bits per heavy atom. The highest BCUT2D eigenvalue weighted by Gasteiger charge is 1.95. The highest BCUT2D eigenvalue weighted by molar-refractivity contribution is 5.07. The van der Waals surface area contributed by atoms with Crippen LogP contribution in [0.15, 0.2) is 29.8 Å². The van der Waals surface area contributed by atoms with Crippen molar-refractivity contribution < 1.29 is 0 Å². The Morgan fingerprint density at radius 3 is 2.71 bits per heavy atom. The van der Waals surface area contributed by atoms with E-state index >= 15 is 0 Å². The van der Waals surface area contributed by atoms with Crippen molar-refractivity contribution in [1.82, 2.24) is 9.55 Å². The predicted octanol–water partition coefficient (Wildman–Crippen LogP) is 2.02. The van der Waals surface area contributed by atoms with Crippen molar-refractivity contribution >= 4 is 0 Å².